The van der Waals surface area contributed by atoms with Gasteiger partial charge in [0.05, 0.1) is 12.6 Å². The minimum atomic E-state index is -0.373. The molecule has 86 valence electrons. The number of likely N-dealkylation sites (tertiary alicyclic amines) is 1. The Morgan fingerprint density at radius 2 is 2.47 bits per heavy atom. The van der Waals surface area contributed by atoms with Crippen molar-refractivity contribution in [3.8, 4) is 0 Å². The van der Waals surface area contributed by atoms with Crippen molar-refractivity contribution in [2.45, 2.75) is 19.4 Å². The summed E-state index contributed by atoms with van der Waals surface area (Å²) in [6.45, 7) is 7.77. The van der Waals surface area contributed by atoms with Crippen molar-refractivity contribution >= 4 is 5.91 Å². The van der Waals surface area contributed by atoms with Crippen LogP contribution in [0.2, 0.25) is 0 Å². The van der Waals surface area contributed by atoms with Crippen LogP contribution in [0.25, 0.3) is 0 Å². The van der Waals surface area contributed by atoms with Gasteiger partial charge in [0.2, 0.25) is 5.91 Å². The summed E-state index contributed by atoms with van der Waals surface area (Å²) in [6, 6.07) is 0. The largest absolute Gasteiger partial charge is 0.391 e. The second-order valence-electron chi connectivity index (χ2n) is 4.09. The van der Waals surface area contributed by atoms with Crippen molar-refractivity contribution in [3.63, 3.8) is 0 Å². The molecule has 0 radical (unpaired) electrons. The Morgan fingerprint density at radius 3 is 3.07 bits per heavy atom. The normalized spacial score (nSPS) is 26.4. The molecule has 1 aliphatic rings. The van der Waals surface area contributed by atoms with Crippen molar-refractivity contribution < 1.29 is 9.90 Å². The van der Waals surface area contributed by atoms with Crippen molar-refractivity contribution in [2.75, 3.05) is 26.2 Å². The van der Waals surface area contributed by atoms with Gasteiger partial charge in [-0.05, 0) is 12.3 Å². The molecule has 1 amide bonds. The van der Waals surface area contributed by atoms with Crippen LogP contribution in [-0.2, 0) is 4.79 Å². The minimum absolute atomic E-state index is 0.0581. The van der Waals surface area contributed by atoms with Crippen LogP contribution in [0.5, 0.6) is 0 Å². The Hall–Kier alpha value is -0.870. The third-order valence-electron chi connectivity index (χ3n) is 2.84. The maximum absolute atomic E-state index is 11.6. The van der Waals surface area contributed by atoms with Gasteiger partial charge in [-0.15, -0.1) is 6.58 Å². The van der Waals surface area contributed by atoms with Crippen molar-refractivity contribution in [3.05, 3.63) is 12.7 Å². The molecule has 1 aliphatic heterocycles. The molecule has 0 bridgehead atoms. The number of rotatable bonds is 4. The molecular weight excluding hydrogens is 192 g/mol. The molecule has 1 rings (SSSR count). The van der Waals surface area contributed by atoms with Crippen LogP contribution in [0.15, 0.2) is 12.7 Å². The lowest BCUT2D eigenvalue weighted by atomic mass is 9.96. The molecule has 0 aromatic rings. The molecule has 1 heterocycles. The van der Waals surface area contributed by atoms with Gasteiger partial charge in [0.25, 0.3) is 0 Å². The molecule has 2 N–H and O–H groups in total. The molecule has 0 aromatic heterocycles. The number of hydrogen-bond acceptors (Lipinski definition) is 3. The van der Waals surface area contributed by atoms with Crippen LogP contribution >= 0.6 is 0 Å². The number of nitrogens with one attached hydrogen (secondary N) is 1. The summed E-state index contributed by atoms with van der Waals surface area (Å²) >= 11 is 0. The van der Waals surface area contributed by atoms with Gasteiger partial charge in [-0.3, -0.25) is 4.79 Å². The van der Waals surface area contributed by atoms with E-state index in [9.17, 15) is 9.90 Å². The first-order valence-electron chi connectivity index (χ1n) is 5.42. The maximum atomic E-state index is 11.6. The highest BCUT2D eigenvalue weighted by Crippen LogP contribution is 2.16. The van der Waals surface area contributed by atoms with Crippen LogP contribution in [0.1, 0.15) is 13.3 Å². The molecule has 0 aliphatic carbocycles. The fourth-order valence-corrected chi connectivity index (χ4v) is 1.67. The molecular formula is C11H20N2O2. The molecule has 2 unspecified atom stereocenters. The average molecular weight is 212 g/mol. The van der Waals surface area contributed by atoms with Gasteiger partial charge < -0.3 is 15.3 Å². The van der Waals surface area contributed by atoms with Crippen molar-refractivity contribution in [1.82, 2.24) is 10.2 Å². The Bertz CT molecular complexity index is 231. The van der Waals surface area contributed by atoms with E-state index < -0.39 is 0 Å². The molecule has 0 spiro atoms. The molecule has 0 aromatic carbocycles. The van der Waals surface area contributed by atoms with E-state index in [1.165, 1.54) is 0 Å². The Morgan fingerprint density at radius 1 is 1.73 bits per heavy atom. The summed E-state index contributed by atoms with van der Waals surface area (Å²) in [5, 5.41) is 12.6. The van der Waals surface area contributed by atoms with Crippen molar-refractivity contribution in [1.29, 1.82) is 0 Å². The standard InChI is InChI=1S/C11H20N2O2/c1-3-5-12-7-11(15)13-6-4-9(2)10(14)8-13/h3,9-10,12,14H,1,4-8H2,2H3. The van der Waals surface area contributed by atoms with E-state index >= 15 is 0 Å². The zero-order chi connectivity index (χ0) is 11.3. The van der Waals surface area contributed by atoms with Gasteiger partial charge in [0.15, 0.2) is 0 Å². The number of aliphatic hydroxyl groups excluding tert-OH is 1. The summed E-state index contributed by atoms with van der Waals surface area (Å²) < 4.78 is 0. The zero-order valence-electron chi connectivity index (χ0n) is 9.28. The molecule has 4 heteroatoms. The fourth-order valence-electron chi connectivity index (χ4n) is 1.67. The van der Waals surface area contributed by atoms with Crippen LogP contribution in [0.4, 0.5) is 0 Å². The third kappa shape index (κ3) is 3.64. The van der Waals surface area contributed by atoms with Crippen LogP contribution in [-0.4, -0.2) is 48.2 Å². The Balaban J connectivity index is 2.30. The Labute approximate surface area is 91.0 Å². The predicted octanol–water partition coefficient (Wildman–Crippen LogP) is -0.00870. The monoisotopic (exact) mass is 212 g/mol. The quantitative estimate of drug-likeness (QED) is 0.509. The van der Waals surface area contributed by atoms with Gasteiger partial charge in [-0.2, -0.15) is 0 Å². The average Bonchev–Trinajstić information content (AvgIpc) is 2.22. The van der Waals surface area contributed by atoms with E-state index in [4.69, 9.17) is 0 Å². The number of nitrogens with zero attached hydrogens (tertiary/aromatic N) is 1. The van der Waals surface area contributed by atoms with E-state index in [1.54, 1.807) is 11.0 Å². The molecule has 1 fully saturated rings. The summed E-state index contributed by atoms with van der Waals surface area (Å²) in [5.41, 5.74) is 0. The first-order chi connectivity index (χ1) is 7.15. The highest BCUT2D eigenvalue weighted by atomic mass is 16.3. The Kier molecular flexibility index (Phi) is 4.78. The molecule has 15 heavy (non-hydrogen) atoms. The number of amides is 1. The van der Waals surface area contributed by atoms with Crippen LogP contribution < -0.4 is 5.32 Å². The van der Waals surface area contributed by atoms with Gasteiger partial charge >= 0.3 is 0 Å². The fraction of sp³-hybridized carbons (Fsp3) is 0.727. The molecule has 2 atom stereocenters. The highest BCUT2D eigenvalue weighted by molar-refractivity contribution is 5.78. The van der Waals surface area contributed by atoms with Gasteiger partial charge in [0, 0.05) is 19.6 Å². The first kappa shape index (κ1) is 12.2. The van der Waals surface area contributed by atoms with Crippen molar-refractivity contribution in [2.24, 2.45) is 5.92 Å². The number of aliphatic hydroxyl groups is 1. The van der Waals surface area contributed by atoms with E-state index in [0.29, 0.717) is 25.6 Å². The number of hydrogen-bond donors (Lipinski definition) is 2. The van der Waals surface area contributed by atoms with E-state index in [2.05, 4.69) is 11.9 Å². The number of piperidine rings is 1. The van der Waals surface area contributed by atoms with E-state index in [1.807, 2.05) is 6.92 Å². The number of β-amino-alcohol motifs (C(OH)–C–C–N with tert-alkyl or cyclic N) is 1. The van der Waals surface area contributed by atoms with Crippen LogP contribution in [0.3, 0.4) is 0 Å². The highest BCUT2D eigenvalue weighted by Gasteiger charge is 2.26. The van der Waals surface area contributed by atoms with E-state index in [-0.39, 0.29) is 12.0 Å². The van der Waals surface area contributed by atoms with Gasteiger partial charge in [-0.25, -0.2) is 0 Å². The first-order valence-corrected chi connectivity index (χ1v) is 5.42. The van der Waals surface area contributed by atoms with Gasteiger partial charge in [0.1, 0.15) is 0 Å². The molecule has 4 nitrogen and oxygen atoms in total. The minimum Gasteiger partial charge on any atom is -0.391 e. The number of carbonyl (C=O) groups excluding carboxylic acids is 1. The number of carbonyl (C=O) groups is 1. The lowest BCUT2D eigenvalue weighted by Crippen LogP contribution is -2.48. The molecule has 1 saturated heterocycles. The lowest BCUT2D eigenvalue weighted by Gasteiger charge is -2.34. The maximum Gasteiger partial charge on any atom is 0.236 e. The topological polar surface area (TPSA) is 52.6 Å². The summed E-state index contributed by atoms with van der Waals surface area (Å²) in [4.78, 5) is 13.4. The second-order valence-corrected chi connectivity index (χ2v) is 4.09. The third-order valence-corrected chi connectivity index (χ3v) is 2.84. The lowest BCUT2D eigenvalue weighted by molar-refractivity contribution is -0.134. The van der Waals surface area contributed by atoms with E-state index in [0.717, 1.165) is 13.0 Å². The van der Waals surface area contributed by atoms with Gasteiger partial charge in [-0.1, -0.05) is 13.0 Å². The molecule has 0 saturated carbocycles. The SMILES string of the molecule is C=CCNCC(=O)N1CCC(C)C(O)C1. The summed E-state index contributed by atoms with van der Waals surface area (Å²) in [6.07, 6.45) is 2.23. The summed E-state index contributed by atoms with van der Waals surface area (Å²) in [7, 11) is 0. The zero-order valence-corrected chi connectivity index (χ0v) is 9.28. The second kappa shape index (κ2) is 5.88. The summed E-state index contributed by atoms with van der Waals surface area (Å²) in [5.74, 6) is 0.359. The predicted molar refractivity (Wildman–Crippen MR) is 59.4 cm³/mol. The van der Waals surface area contributed by atoms with Crippen LogP contribution in [0, 0.1) is 5.92 Å². The smallest absolute Gasteiger partial charge is 0.236 e.